The molecule has 2 heterocycles. The summed E-state index contributed by atoms with van der Waals surface area (Å²) in [6.07, 6.45) is 6.59. The summed E-state index contributed by atoms with van der Waals surface area (Å²) in [7, 11) is 3.71. The highest BCUT2D eigenvalue weighted by Crippen LogP contribution is 2.36. The van der Waals surface area contributed by atoms with Gasteiger partial charge in [0, 0.05) is 38.1 Å². The standard InChI is InChI=1S/C32H37N5O3/c1-6-7-14-33-32(30-22(2)8-11-28(31(30)38-5)37-15-17-39-18-16-37)35-24-9-13-29(23(3)19-24)40-25-10-12-27-26(20-25)34-21-36(27)4/h7-14,19-21H,6,15-18H2,1-5H3,(H,33,35)/b14-7+. The first kappa shape index (κ1) is 27.3. The summed E-state index contributed by atoms with van der Waals surface area (Å²) in [4.78, 5) is 11.6. The minimum absolute atomic E-state index is 0.703. The first-order chi connectivity index (χ1) is 19.5. The van der Waals surface area contributed by atoms with Crippen molar-refractivity contribution in [3.05, 3.63) is 83.8 Å². The van der Waals surface area contributed by atoms with Crippen LogP contribution in [0.4, 0.5) is 11.4 Å². The molecule has 5 rings (SSSR count). The molecule has 1 fully saturated rings. The Morgan fingerprint density at radius 1 is 1.07 bits per heavy atom. The fourth-order valence-corrected chi connectivity index (χ4v) is 4.90. The molecule has 0 unspecified atom stereocenters. The second-order valence-corrected chi connectivity index (χ2v) is 9.89. The lowest BCUT2D eigenvalue weighted by Gasteiger charge is -2.31. The van der Waals surface area contributed by atoms with Gasteiger partial charge in [0.2, 0.25) is 0 Å². The Balaban J connectivity index is 1.45. The van der Waals surface area contributed by atoms with E-state index in [1.807, 2.05) is 67.5 Å². The molecule has 8 heteroatoms. The summed E-state index contributed by atoms with van der Waals surface area (Å²) in [6, 6.07) is 16.3. The molecule has 0 saturated carbocycles. The first-order valence-corrected chi connectivity index (χ1v) is 13.7. The molecular weight excluding hydrogens is 502 g/mol. The summed E-state index contributed by atoms with van der Waals surface area (Å²) in [5.74, 6) is 3.07. The third-order valence-electron chi connectivity index (χ3n) is 7.05. The zero-order chi connectivity index (χ0) is 28.1. The first-order valence-electron chi connectivity index (χ1n) is 13.7. The van der Waals surface area contributed by atoms with E-state index in [2.05, 4.69) is 47.2 Å². The number of imidazole rings is 1. The molecule has 0 atom stereocenters. The van der Waals surface area contributed by atoms with Crippen LogP contribution in [0.25, 0.3) is 11.0 Å². The minimum Gasteiger partial charge on any atom is -0.494 e. The smallest absolute Gasteiger partial charge is 0.153 e. The van der Waals surface area contributed by atoms with Crippen LogP contribution >= 0.6 is 0 Å². The number of nitrogens with one attached hydrogen (secondary N) is 1. The molecule has 1 aliphatic heterocycles. The quantitative estimate of drug-likeness (QED) is 0.201. The maximum atomic E-state index is 6.23. The van der Waals surface area contributed by atoms with E-state index >= 15 is 0 Å². The van der Waals surface area contributed by atoms with Crippen molar-refractivity contribution in [2.75, 3.05) is 43.6 Å². The van der Waals surface area contributed by atoms with E-state index in [0.29, 0.717) is 13.2 Å². The van der Waals surface area contributed by atoms with Crippen LogP contribution in [0, 0.1) is 13.8 Å². The highest BCUT2D eigenvalue weighted by Gasteiger charge is 2.22. The van der Waals surface area contributed by atoms with Gasteiger partial charge in [-0.2, -0.15) is 0 Å². The van der Waals surface area contributed by atoms with Crippen LogP contribution in [0.15, 0.2) is 72.1 Å². The van der Waals surface area contributed by atoms with Gasteiger partial charge in [-0.3, -0.25) is 0 Å². The molecule has 1 aliphatic rings. The number of benzene rings is 3. The van der Waals surface area contributed by atoms with E-state index in [9.17, 15) is 0 Å². The lowest BCUT2D eigenvalue weighted by Crippen LogP contribution is -2.36. The number of anilines is 2. The largest absolute Gasteiger partial charge is 0.494 e. The molecule has 0 amide bonds. The topological polar surface area (TPSA) is 73.1 Å². The Kier molecular flexibility index (Phi) is 8.36. The van der Waals surface area contributed by atoms with Crippen molar-refractivity contribution in [2.45, 2.75) is 27.2 Å². The number of aromatic nitrogens is 2. The Morgan fingerprint density at radius 3 is 2.65 bits per heavy atom. The van der Waals surface area contributed by atoms with Crippen molar-refractivity contribution >= 4 is 28.2 Å². The number of morpholine rings is 1. The van der Waals surface area contributed by atoms with Crippen molar-refractivity contribution in [3.8, 4) is 17.2 Å². The average Bonchev–Trinajstić information content (AvgIpc) is 3.34. The van der Waals surface area contributed by atoms with Gasteiger partial charge in [0.15, 0.2) is 5.75 Å². The molecule has 0 bridgehead atoms. The van der Waals surface area contributed by atoms with Gasteiger partial charge >= 0.3 is 0 Å². The highest BCUT2D eigenvalue weighted by molar-refractivity contribution is 6.12. The molecule has 1 saturated heterocycles. The Bertz CT molecular complexity index is 1550. The van der Waals surface area contributed by atoms with Crippen LogP contribution in [0.2, 0.25) is 0 Å². The number of hydrogen-bond acceptors (Lipinski definition) is 6. The summed E-state index contributed by atoms with van der Waals surface area (Å²) >= 11 is 0. The van der Waals surface area contributed by atoms with Crippen molar-refractivity contribution in [2.24, 2.45) is 12.0 Å². The van der Waals surface area contributed by atoms with Gasteiger partial charge in [-0.25, -0.2) is 9.98 Å². The lowest BCUT2D eigenvalue weighted by molar-refractivity contribution is 0.122. The van der Waals surface area contributed by atoms with Gasteiger partial charge < -0.3 is 29.0 Å². The van der Waals surface area contributed by atoms with Gasteiger partial charge in [-0.1, -0.05) is 19.1 Å². The Morgan fingerprint density at radius 2 is 1.90 bits per heavy atom. The third-order valence-corrected chi connectivity index (χ3v) is 7.05. The second kappa shape index (κ2) is 12.3. The second-order valence-electron chi connectivity index (χ2n) is 9.89. The molecule has 1 aromatic heterocycles. The molecule has 0 radical (unpaired) electrons. The van der Waals surface area contributed by atoms with E-state index in [1.165, 1.54) is 0 Å². The number of rotatable bonds is 8. The number of methoxy groups -OCH3 is 1. The van der Waals surface area contributed by atoms with Gasteiger partial charge in [0.25, 0.3) is 0 Å². The van der Waals surface area contributed by atoms with Crippen LogP contribution in [0.5, 0.6) is 17.2 Å². The van der Waals surface area contributed by atoms with Crippen LogP contribution in [0.3, 0.4) is 0 Å². The lowest BCUT2D eigenvalue weighted by atomic mass is 10.0. The van der Waals surface area contributed by atoms with Crippen molar-refractivity contribution in [1.82, 2.24) is 9.55 Å². The van der Waals surface area contributed by atoms with E-state index < -0.39 is 0 Å². The van der Waals surface area contributed by atoms with Crippen molar-refractivity contribution in [1.29, 1.82) is 0 Å². The zero-order valence-corrected chi connectivity index (χ0v) is 23.9. The predicted molar refractivity (Wildman–Crippen MR) is 162 cm³/mol. The van der Waals surface area contributed by atoms with Gasteiger partial charge in [0.05, 0.1) is 48.9 Å². The fourth-order valence-electron chi connectivity index (χ4n) is 4.90. The monoisotopic (exact) mass is 539 g/mol. The highest BCUT2D eigenvalue weighted by atomic mass is 16.5. The van der Waals surface area contributed by atoms with E-state index in [4.69, 9.17) is 19.2 Å². The molecule has 0 spiro atoms. The van der Waals surface area contributed by atoms with Crippen LogP contribution in [-0.4, -0.2) is 48.8 Å². The number of fused-ring (bicyclic) bond motifs is 1. The zero-order valence-electron chi connectivity index (χ0n) is 23.9. The summed E-state index contributed by atoms with van der Waals surface area (Å²) in [5.41, 5.74) is 6.94. The maximum absolute atomic E-state index is 6.23. The number of nitrogens with zero attached hydrogens (tertiary/aromatic N) is 4. The molecule has 1 N–H and O–H groups in total. The summed E-state index contributed by atoms with van der Waals surface area (Å²) in [5, 5.41) is 3.57. The molecular formula is C32H37N5O3. The number of amidine groups is 1. The number of allylic oxidation sites excluding steroid dienone is 1. The van der Waals surface area contributed by atoms with Gasteiger partial charge in [0.1, 0.15) is 17.3 Å². The van der Waals surface area contributed by atoms with Crippen molar-refractivity contribution in [3.63, 3.8) is 0 Å². The molecule has 208 valence electrons. The number of ether oxygens (including phenoxy) is 3. The average molecular weight is 540 g/mol. The predicted octanol–water partition coefficient (Wildman–Crippen LogP) is 6.61. The van der Waals surface area contributed by atoms with E-state index in [-0.39, 0.29) is 0 Å². The fraction of sp³-hybridized carbons (Fsp3) is 0.312. The molecule has 3 aromatic carbocycles. The van der Waals surface area contributed by atoms with Gasteiger partial charge in [-0.15, -0.1) is 0 Å². The SMILES string of the molecule is CC/C=C/N=C(Nc1ccc(Oc2ccc3c(c2)ncn3C)c(C)c1)c1c(C)ccc(N2CCOCC2)c1OC. The van der Waals surface area contributed by atoms with E-state index in [0.717, 1.165) is 81.7 Å². The number of aliphatic imine (C=N–C) groups is 1. The minimum atomic E-state index is 0.703. The maximum Gasteiger partial charge on any atom is 0.153 e. The Hall–Kier alpha value is -4.30. The van der Waals surface area contributed by atoms with Crippen molar-refractivity contribution < 1.29 is 14.2 Å². The molecule has 0 aliphatic carbocycles. The summed E-state index contributed by atoms with van der Waals surface area (Å²) in [6.45, 7) is 9.27. The van der Waals surface area contributed by atoms with E-state index in [1.54, 1.807) is 7.11 Å². The summed E-state index contributed by atoms with van der Waals surface area (Å²) < 4.78 is 19.8. The third kappa shape index (κ3) is 5.82. The molecule has 4 aromatic rings. The normalized spacial score (nSPS) is 14.2. The van der Waals surface area contributed by atoms with Crippen LogP contribution < -0.4 is 19.7 Å². The van der Waals surface area contributed by atoms with Crippen LogP contribution in [0.1, 0.15) is 30.0 Å². The number of aryl methyl sites for hydroxylation is 3. The number of hydrogen-bond donors (Lipinski definition) is 1. The van der Waals surface area contributed by atoms with Gasteiger partial charge in [-0.05, 0) is 67.8 Å². The molecule has 40 heavy (non-hydrogen) atoms. The Labute approximate surface area is 235 Å². The van der Waals surface area contributed by atoms with Crippen LogP contribution in [-0.2, 0) is 11.8 Å². The molecule has 8 nitrogen and oxygen atoms in total.